The van der Waals surface area contributed by atoms with Gasteiger partial charge in [-0.1, -0.05) is 42.1 Å². The number of hydrogen-bond acceptors (Lipinski definition) is 6. The van der Waals surface area contributed by atoms with Gasteiger partial charge in [0.1, 0.15) is 5.25 Å². The second-order valence-electron chi connectivity index (χ2n) is 4.17. The SMILES string of the molecule is O=C1OCCC1Sc1nnnn1Cc1ccccc1. The van der Waals surface area contributed by atoms with Crippen molar-refractivity contribution in [3.8, 4) is 0 Å². The summed E-state index contributed by atoms with van der Waals surface area (Å²) in [4.78, 5) is 11.4. The molecule has 7 heteroatoms. The molecule has 6 nitrogen and oxygen atoms in total. The van der Waals surface area contributed by atoms with Crippen LogP contribution in [0, 0.1) is 0 Å². The van der Waals surface area contributed by atoms with Crippen LogP contribution in [-0.2, 0) is 16.1 Å². The van der Waals surface area contributed by atoms with Gasteiger partial charge in [-0.15, -0.1) is 5.10 Å². The average molecular weight is 276 g/mol. The molecule has 0 N–H and O–H groups in total. The molecule has 1 fully saturated rings. The number of carbonyl (C=O) groups is 1. The smallest absolute Gasteiger partial charge is 0.319 e. The van der Waals surface area contributed by atoms with Crippen LogP contribution in [0.3, 0.4) is 0 Å². The summed E-state index contributed by atoms with van der Waals surface area (Å²) in [6.45, 7) is 1.08. The van der Waals surface area contributed by atoms with E-state index in [1.165, 1.54) is 11.8 Å². The Hall–Kier alpha value is -1.89. The van der Waals surface area contributed by atoms with E-state index >= 15 is 0 Å². The summed E-state index contributed by atoms with van der Waals surface area (Å²) in [6.07, 6.45) is 0.710. The second-order valence-corrected chi connectivity index (χ2v) is 5.34. The summed E-state index contributed by atoms with van der Waals surface area (Å²) in [5.74, 6) is -0.181. The van der Waals surface area contributed by atoms with Crippen molar-refractivity contribution < 1.29 is 9.53 Å². The van der Waals surface area contributed by atoms with E-state index in [-0.39, 0.29) is 11.2 Å². The van der Waals surface area contributed by atoms with Gasteiger partial charge in [0.2, 0.25) is 5.16 Å². The first-order valence-corrected chi connectivity index (χ1v) is 6.84. The summed E-state index contributed by atoms with van der Waals surface area (Å²) in [5.41, 5.74) is 1.12. The molecule has 1 atom stereocenters. The van der Waals surface area contributed by atoms with Crippen LogP contribution in [0.25, 0.3) is 0 Å². The number of hydrogen-bond donors (Lipinski definition) is 0. The Kier molecular flexibility index (Phi) is 3.45. The number of carbonyl (C=O) groups excluding carboxylic acids is 1. The number of cyclic esters (lactones) is 1. The molecule has 1 aromatic heterocycles. The molecular formula is C12H12N4O2S. The summed E-state index contributed by atoms with van der Waals surface area (Å²) >= 11 is 1.36. The minimum Gasteiger partial charge on any atom is -0.465 e. The number of aromatic nitrogens is 4. The van der Waals surface area contributed by atoms with Gasteiger partial charge in [-0.2, -0.15) is 0 Å². The van der Waals surface area contributed by atoms with Crippen molar-refractivity contribution in [3.63, 3.8) is 0 Å². The molecular weight excluding hydrogens is 264 g/mol. The number of ether oxygens (including phenoxy) is 1. The fourth-order valence-corrected chi connectivity index (χ4v) is 2.79. The zero-order valence-electron chi connectivity index (χ0n) is 10.1. The highest BCUT2D eigenvalue weighted by Gasteiger charge is 2.29. The highest BCUT2D eigenvalue weighted by molar-refractivity contribution is 8.00. The molecule has 1 aliphatic rings. The number of rotatable bonds is 4. The van der Waals surface area contributed by atoms with Crippen LogP contribution in [0.4, 0.5) is 0 Å². The number of tetrazole rings is 1. The maximum Gasteiger partial charge on any atom is 0.319 e. The maximum absolute atomic E-state index is 11.4. The molecule has 0 saturated carbocycles. The average Bonchev–Trinajstić information content (AvgIpc) is 3.02. The standard InChI is InChI=1S/C12H12N4O2S/c17-11-10(6-7-18-11)19-12-13-14-15-16(12)8-9-4-2-1-3-5-9/h1-5,10H,6-8H2. The minimum absolute atomic E-state index is 0.181. The van der Waals surface area contributed by atoms with E-state index in [2.05, 4.69) is 15.5 Å². The lowest BCUT2D eigenvalue weighted by Gasteiger charge is -2.06. The van der Waals surface area contributed by atoms with E-state index in [1.807, 2.05) is 30.3 Å². The highest BCUT2D eigenvalue weighted by Crippen LogP contribution is 2.27. The summed E-state index contributed by atoms with van der Waals surface area (Å²) < 4.78 is 6.63. The van der Waals surface area contributed by atoms with Gasteiger partial charge in [-0.25, -0.2) is 4.68 Å². The Labute approximate surface area is 114 Å². The Bertz CT molecular complexity index is 572. The monoisotopic (exact) mass is 276 g/mol. The molecule has 0 amide bonds. The van der Waals surface area contributed by atoms with E-state index in [0.717, 1.165) is 5.56 Å². The number of benzene rings is 1. The number of esters is 1. The summed E-state index contributed by atoms with van der Waals surface area (Å²) in [6, 6.07) is 9.94. The van der Waals surface area contributed by atoms with Crippen LogP contribution in [0.5, 0.6) is 0 Å². The van der Waals surface area contributed by atoms with Crippen molar-refractivity contribution in [3.05, 3.63) is 35.9 Å². The Balaban J connectivity index is 1.73. The molecule has 0 spiro atoms. The molecule has 1 aliphatic heterocycles. The fourth-order valence-electron chi connectivity index (χ4n) is 1.85. The zero-order chi connectivity index (χ0) is 13.1. The largest absolute Gasteiger partial charge is 0.465 e. The first-order valence-electron chi connectivity index (χ1n) is 5.96. The lowest BCUT2D eigenvalue weighted by molar-refractivity contribution is -0.137. The van der Waals surface area contributed by atoms with Gasteiger partial charge in [0.25, 0.3) is 0 Å². The molecule has 2 aromatic rings. The van der Waals surface area contributed by atoms with Crippen molar-refractivity contribution in [2.45, 2.75) is 23.4 Å². The molecule has 3 rings (SSSR count). The highest BCUT2D eigenvalue weighted by atomic mass is 32.2. The van der Waals surface area contributed by atoms with Crippen molar-refractivity contribution in [1.29, 1.82) is 0 Å². The van der Waals surface area contributed by atoms with Crippen LogP contribution in [0.15, 0.2) is 35.5 Å². The van der Waals surface area contributed by atoms with Gasteiger partial charge in [0.15, 0.2) is 0 Å². The number of thioether (sulfide) groups is 1. The molecule has 0 radical (unpaired) electrons. The van der Waals surface area contributed by atoms with Crippen molar-refractivity contribution in [2.24, 2.45) is 0 Å². The van der Waals surface area contributed by atoms with E-state index in [9.17, 15) is 4.79 Å². The molecule has 1 saturated heterocycles. The third-order valence-electron chi connectivity index (χ3n) is 2.81. The van der Waals surface area contributed by atoms with Crippen LogP contribution < -0.4 is 0 Å². The summed E-state index contributed by atoms with van der Waals surface area (Å²) in [7, 11) is 0. The van der Waals surface area contributed by atoms with E-state index < -0.39 is 0 Å². The van der Waals surface area contributed by atoms with Crippen molar-refractivity contribution in [1.82, 2.24) is 20.2 Å². The van der Waals surface area contributed by atoms with Crippen LogP contribution in [-0.4, -0.2) is 38.0 Å². The zero-order valence-corrected chi connectivity index (χ0v) is 10.9. The lowest BCUT2D eigenvalue weighted by atomic mass is 10.2. The van der Waals surface area contributed by atoms with Gasteiger partial charge in [0, 0.05) is 6.42 Å². The Morgan fingerprint density at radius 2 is 2.21 bits per heavy atom. The van der Waals surface area contributed by atoms with Gasteiger partial charge in [-0.05, 0) is 16.0 Å². The normalized spacial score (nSPS) is 18.5. The van der Waals surface area contributed by atoms with Crippen LogP contribution >= 0.6 is 11.8 Å². The van der Waals surface area contributed by atoms with Crippen molar-refractivity contribution in [2.75, 3.05) is 6.61 Å². The molecule has 1 aromatic carbocycles. The molecule has 1 unspecified atom stereocenters. The quantitative estimate of drug-likeness (QED) is 0.780. The van der Waals surface area contributed by atoms with Gasteiger partial charge < -0.3 is 4.74 Å². The topological polar surface area (TPSA) is 69.9 Å². The first-order chi connectivity index (χ1) is 9.33. The third-order valence-corrected chi connectivity index (χ3v) is 4.03. The Morgan fingerprint density at radius 1 is 1.37 bits per heavy atom. The van der Waals surface area contributed by atoms with Crippen LogP contribution in [0.1, 0.15) is 12.0 Å². The van der Waals surface area contributed by atoms with Gasteiger partial charge >= 0.3 is 5.97 Å². The second kappa shape index (κ2) is 5.40. The lowest BCUT2D eigenvalue weighted by Crippen LogP contribution is -2.12. The van der Waals surface area contributed by atoms with E-state index in [1.54, 1.807) is 4.68 Å². The predicted octanol–water partition coefficient (Wildman–Crippen LogP) is 1.13. The maximum atomic E-state index is 11.4. The third kappa shape index (κ3) is 2.76. The Morgan fingerprint density at radius 3 is 2.95 bits per heavy atom. The molecule has 0 aliphatic carbocycles. The first kappa shape index (κ1) is 12.2. The number of nitrogens with zero attached hydrogens (tertiary/aromatic N) is 4. The molecule has 0 bridgehead atoms. The molecule has 98 valence electrons. The van der Waals surface area contributed by atoms with Crippen LogP contribution in [0.2, 0.25) is 0 Å². The van der Waals surface area contributed by atoms with Crippen molar-refractivity contribution >= 4 is 17.7 Å². The molecule has 2 heterocycles. The fraction of sp³-hybridized carbons (Fsp3) is 0.333. The molecule has 19 heavy (non-hydrogen) atoms. The predicted molar refractivity (Wildman–Crippen MR) is 68.6 cm³/mol. The minimum atomic E-state index is -0.194. The summed E-state index contributed by atoms with van der Waals surface area (Å²) in [5, 5.41) is 12.1. The van der Waals surface area contributed by atoms with Gasteiger partial charge in [-0.3, -0.25) is 4.79 Å². The van der Waals surface area contributed by atoms with Gasteiger partial charge in [0.05, 0.1) is 13.2 Å². The van der Waals surface area contributed by atoms with E-state index in [4.69, 9.17) is 4.74 Å². The van der Waals surface area contributed by atoms with E-state index in [0.29, 0.717) is 24.7 Å².